The van der Waals surface area contributed by atoms with E-state index < -0.39 is 0 Å². The number of aromatic nitrogens is 1. The highest BCUT2D eigenvalue weighted by atomic mass is 16.3. The van der Waals surface area contributed by atoms with Gasteiger partial charge in [0.1, 0.15) is 6.61 Å². The molecule has 0 fully saturated rings. The monoisotopic (exact) mass is 461 g/mol. The number of benzene rings is 2. The van der Waals surface area contributed by atoms with Crippen LogP contribution in [-0.4, -0.2) is 34.9 Å². The van der Waals surface area contributed by atoms with E-state index in [1.54, 1.807) is 0 Å². The maximum atomic E-state index is 9.31. The normalized spacial score (nSPS) is 15.3. The summed E-state index contributed by atoms with van der Waals surface area (Å²) >= 11 is 0. The van der Waals surface area contributed by atoms with Gasteiger partial charge in [-0.1, -0.05) is 60.7 Å². The van der Waals surface area contributed by atoms with Gasteiger partial charge in [0, 0.05) is 31.1 Å². The van der Waals surface area contributed by atoms with E-state index in [1.165, 1.54) is 33.4 Å². The van der Waals surface area contributed by atoms with Gasteiger partial charge in [0.2, 0.25) is 0 Å². The Bertz CT molecular complexity index is 1320. The van der Waals surface area contributed by atoms with Crippen molar-refractivity contribution in [1.29, 1.82) is 0 Å². The molecule has 1 aromatic heterocycles. The largest absolute Gasteiger partial charge is 0.395 e. The van der Waals surface area contributed by atoms with Gasteiger partial charge >= 0.3 is 0 Å². The molecule has 4 nitrogen and oxygen atoms in total. The van der Waals surface area contributed by atoms with Gasteiger partial charge in [-0.2, -0.15) is 0 Å². The van der Waals surface area contributed by atoms with Crippen LogP contribution >= 0.6 is 0 Å². The number of β-amino-alcohol motifs (C(OH)–C–C–N with tert-alkyl or cyclic N) is 1. The predicted octanol–water partition coefficient (Wildman–Crippen LogP) is 4.61. The highest BCUT2D eigenvalue weighted by Crippen LogP contribution is 2.48. The SMILES string of the molecule is OCCN1C=CC(=C2C=C(c3cc[n+](CCO)cc3)C(c3ccccc3)=C2c2ccccc2)C=C1. The van der Waals surface area contributed by atoms with Crippen LogP contribution in [0.3, 0.4) is 0 Å². The third-order valence-electron chi connectivity index (χ3n) is 6.32. The maximum absolute atomic E-state index is 9.31. The molecule has 2 aromatic carbocycles. The van der Waals surface area contributed by atoms with Gasteiger partial charge in [0.15, 0.2) is 18.9 Å². The summed E-state index contributed by atoms with van der Waals surface area (Å²) in [5.41, 5.74) is 9.37. The molecule has 3 aromatic rings. The average Bonchev–Trinajstić information content (AvgIpc) is 3.32. The molecular weight excluding hydrogens is 432 g/mol. The van der Waals surface area contributed by atoms with Gasteiger partial charge in [-0.25, -0.2) is 4.57 Å². The molecule has 0 amide bonds. The fourth-order valence-corrected chi connectivity index (χ4v) is 4.63. The lowest BCUT2D eigenvalue weighted by molar-refractivity contribution is -0.698. The molecule has 0 spiro atoms. The minimum absolute atomic E-state index is 0.113. The van der Waals surface area contributed by atoms with E-state index in [9.17, 15) is 10.2 Å². The number of aliphatic hydroxyl groups is 2. The number of hydrogen-bond acceptors (Lipinski definition) is 3. The summed E-state index contributed by atoms with van der Waals surface area (Å²) in [6.07, 6.45) is 14.6. The van der Waals surface area contributed by atoms with Crippen LogP contribution in [0.25, 0.3) is 16.7 Å². The van der Waals surface area contributed by atoms with Gasteiger partial charge in [0.25, 0.3) is 0 Å². The standard InChI is InChI=1S/C31H29N2O2/c34-21-19-32-15-11-24(12-16-32)28-23-29(25-13-17-33(18-14-25)20-22-35)31(27-9-5-2-6-10-27)30(28)26-7-3-1-4-8-26/h1-18,23,34-35H,19-22H2/q+1. The fourth-order valence-electron chi connectivity index (χ4n) is 4.63. The molecule has 0 atom stereocenters. The lowest BCUT2D eigenvalue weighted by atomic mass is 9.89. The van der Waals surface area contributed by atoms with E-state index in [4.69, 9.17) is 0 Å². The van der Waals surface area contributed by atoms with E-state index >= 15 is 0 Å². The molecule has 2 aliphatic rings. The summed E-state index contributed by atoms with van der Waals surface area (Å²) in [5, 5.41) is 18.6. The Labute approximate surface area is 206 Å². The van der Waals surface area contributed by atoms with Crippen molar-refractivity contribution >= 4 is 16.7 Å². The van der Waals surface area contributed by atoms with Crippen LogP contribution in [0.1, 0.15) is 16.7 Å². The molecule has 1 aliphatic carbocycles. The molecule has 0 bridgehead atoms. The van der Waals surface area contributed by atoms with Gasteiger partial charge in [-0.3, -0.25) is 0 Å². The van der Waals surface area contributed by atoms with Crippen molar-refractivity contribution in [2.75, 3.05) is 19.8 Å². The Balaban J connectivity index is 1.73. The minimum atomic E-state index is 0.113. The van der Waals surface area contributed by atoms with Crippen LogP contribution in [0, 0.1) is 0 Å². The minimum Gasteiger partial charge on any atom is -0.395 e. The summed E-state index contributed by atoms with van der Waals surface area (Å²) in [4.78, 5) is 1.99. The zero-order valence-electron chi connectivity index (χ0n) is 19.6. The number of nitrogens with zero attached hydrogens (tertiary/aromatic N) is 2. The molecule has 0 saturated carbocycles. The second kappa shape index (κ2) is 10.5. The first-order valence-corrected chi connectivity index (χ1v) is 11.9. The third-order valence-corrected chi connectivity index (χ3v) is 6.32. The number of hydrogen-bond donors (Lipinski definition) is 2. The molecule has 0 saturated heterocycles. The van der Waals surface area contributed by atoms with Gasteiger partial charge in [0.05, 0.1) is 6.61 Å². The van der Waals surface area contributed by atoms with E-state index in [1.807, 2.05) is 46.4 Å². The second-order valence-electron chi connectivity index (χ2n) is 8.55. The lowest BCUT2D eigenvalue weighted by Crippen LogP contribution is -2.34. The van der Waals surface area contributed by atoms with Crippen molar-refractivity contribution in [2.24, 2.45) is 0 Å². The van der Waals surface area contributed by atoms with Crippen LogP contribution in [0.4, 0.5) is 0 Å². The van der Waals surface area contributed by atoms with Crippen LogP contribution in [-0.2, 0) is 6.54 Å². The summed E-state index contributed by atoms with van der Waals surface area (Å²) in [6.45, 7) is 1.38. The molecule has 4 heteroatoms. The van der Waals surface area contributed by atoms with Gasteiger partial charge in [-0.05, 0) is 62.8 Å². The molecule has 174 valence electrons. The molecule has 0 radical (unpaired) electrons. The molecule has 2 heterocycles. The summed E-state index contributed by atoms with van der Waals surface area (Å²) in [7, 11) is 0. The molecular formula is C31H29N2O2+. The zero-order valence-corrected chi connectivity index (χ0v) is 19.6. The summed E-state index contributed by atoms with van der Waals surface area (Å²) in [6, 6.07) is 25.4. The predicted molar refractivity (Wildman–Crippen MR) is 140 cm³/mol. The van der Waals surface area contributed by atoms with Crippen molar-refractivity contribution < 1.29 is 14.8 Å². The zero-order chi connectivity index (χ0) is 24.0. The maximum Gasteiger partial charge on any atom is 0.171 e. The van der Waals surface area contributed by atoms with Crippen LogP contribution < -0.4 is 4.57 Å². The van der Waals surface area contributed by atoms with Crippen LogP contribution in [0.5, 0.6) is 0 Å². The highest BCUT2D eigenvalue weighted by Gasteiger charge is 2.27. The Morgan fingerprint density at radius 2 is 1.26 bits per heavy atom. The topological polar surface area (TPSA) is 47.6 Å². The smallest absolute Gasteiger partial charge is 0.171 e. The number of aliphatic hydroxyl groups excluding tert-OH is 2. The van der Waals surface area contributed by atoms with Crippen LogP contribution in [0.2, 0.25) is 0 Å². The summed E-state index contributed by atoms with van der Waals surface area (Å²) < 4.78 is 1.99. The van der Waals surface area contributed by atoms with E-state index in [0.29, 0.717) is 13.1 Å². The molecule has 5 rings (SSSR count). The fraction of sp³-hybridized carbons (Fsp3) is 0.129. The van der Waals surface area contributed by atoms with Crippen molar-refractivity contribution in [2.45, 2.75) is 6.54 Å². The van der Waals surface area contributed by atoms with E-state index in [2.05, 4.69) is 78.9 Å². The summed E-state index contributed by atoms with van der Waals surface area (Å²) in [5.74, 6) is 0. The van der Waals surface area contributed by atoms with E-state index in [-0.39, 0.29) is 13.2 Å². The number of allylic oxidation sites excluding steroid dienone is 8. The highest BCUT2D eigenvalue weighted by molar-refractivity contribution is 6.23. The first kappa shape index (κ1) is 22.8. The van der Waals surface area contributed by atoms with Gasteiger partial charge < -0.3 is 15.1 Å². The molecule has 0 unspecified atom stereocenters. The Kier molecular flexibility index (Phi) is 6.85. The van der Waals surface area contributed by atoms with Crippen molar-refractivity contribution in [3.05, 3.63) is 144 Å². The van der Waals surface area contributed by atoms with Crippen LogP contribution in [0.15, 0.2) is 127 Å². The first-order chi connectivity index (χ1) is 17.3. The molecule has 2 N–H and O–H groups in total. The third kappa shape index (κ3) is 4.80. The van der Waals surface area contributed by atoms with Crippen molar-refractivity contribution in [3.8, 4) is 0 Å². The number of rotatable bonds is 7. The second-order valence-corrected chi connectivity index (χ2v) is 8.55. The average molecular weight is 462 g/mol. The van der Waals surface area contributed by atoms with Crippen molar-refractivity contribution in [3.63, 3.8) is 0 Å². The molecule has 1 aliphatic heterocycles. The molecule has 35 heavy (non-hydrogen) atoms. The quantitative estimate of drug-likeness (QED) is 0.506. The first-order valence-electron chi connectivity index (χ1n) is 11.9. The Morgan fingerprint density at radius 3 is 1.83 bits per heavy atom. The Morgan fingerprint density at radius 1 is 0.657 bits per heavy atom. The lowest BCUT2D eigenvalue weighted by Gasteiger charge is -2.19. The number of pyridine rings is 1. The van der Waals surface area contributed by atoms with E-state index in [0.717, 1.165) is 11.1 Å². The van der Waals surface area contributed by atoms with Gasteiger partial charge in [-0.15, -0.1) is 0 Å². The Hall–Kier alpha value is -3.99. The van der Waals surface area contributed by atoms with Crippen molar-refractivity contribution in [1.82, 2.24) is 4.90 Å².